The molecule has 0 atom stereocenters. The van der Waals surface area contributed by atoms with Gasteiger partial charge in [-0.05, 0) is 23.3 Å². The van der Waals surface area contributed by atoms with Gasteiger partial charge in [0.2, 0.25) is 0 Å². The van der Waals surface area contributed by atoms with Crippen molar-refractivity contribution in [3.63, 3.8) is 0 Å². The van der Waals surface area contributed by atoms with Gasteiger partial charge in [-0.25, -0.2) is 0 Å². The topological polar surface area (TPSA) is 35.5 Å². The molecular weight excluding hydrogens is 240 g/mol. The lowest BCUT2D eigenvalue weighted by Gasteiger charge is -2.07. The third kappa shape index (κ3) is 4.47. The van der Waals surface area contributed by atoms with Crippen molar-refractivity contribution in [3.8, 4) is 5.75 Å². The van der Waals surface area contributed by atoms with E-state index >= 15 is 0 Å². The Bertz CT molecular complexity index is 508. The molecule has 2 rings (SSSR count). The Morgan fingerprint density at radius 1 is 0.947 bits per heavy atom. The molecule has 0 heterocycles. The van der Waals surface area contributed by atoms with E-state index in [9.17, 15) is 4.79 Å². The third-order valence-corrected chi connectivity index (χ3v) is 2.72. The van der Waals surface area contributed by atoms with Gasteiger partial charge in [0.15, 0.2) is 0 Å². The van der Waals surface area contributed by atoms with Crippen molar-refractivity contribution in [3.05, 3.63) is 65.7 Å². The first kappa shape index (κ1) is 13.1. The molecule has 0 fully saturated rings. The Kier molecular flexibility index (Phi) is 4.99. The maximum atomic E-state index is 10.1. The first-order valence-corrected chi connectivity index (χ1v) is 6.19. The Hall–Kier alpha value is -2.29. The molecule has 0 aromatic heterocycles. The quantitative estimate of drug-likeness (QED) is 0.714. The second-order valence-corrected chi connectivity index (χ2v) is 4.14. The summed E-state index contributed by atoms with van der Waals surface area (Å²) in [7, 11) is 0. The van der Waals surface area contributed by atoms with Crippen LogP contribution in [0.1, 0.15) is 11.1 Å². The van der Waals surface area contributed by atoms with Crippen LogP contribution >= 0.6 is 0 Å². The van der Waals surface area contributed by atoms with Crippen LogP contribution in [0.3, 0.4) is 0 Å². The molecule has 0 radical (unpaired) electrons. The highest BCUT2D eigenvalue weighted by atomic mass is 16.5. The average Bonchev–Trinajstić information content (AvgIpc) is 2.47. The first-order valence-electron chi connectivity index (χ1n) is 6.19. The first-order chi connectivity index (χ1) is 9.38. The molecule has 0 spiro atoms. The Labute approximate surface area is 112 Å². The Morgan fingerprint density at radius 2 is 1.74 bits per heavy atom. The molecule has 0 N–H and O–H groups in total. The second-order valence-electron chi connectivity index (χ2n) is 4.14. The summed E-state index contributed by atoms with van der Waals surface area (Å²) in [6.45, 7) is 1.35. The zero-order valence-electron chi connectivity index (χ0n) is 10.6. The van der Waals surface area contributed by atoms with Gasteiger partial charge in [-0.1, -0.05) is 42.5 Å². The van der Waals surface area contributed by atoms with Crippen molar-refractivity contribution in [2.45, 2.75) is 13.0 Å². The van der Waals surface area contributed by atoms with Crippen molar-refractivity contribution in [1.82, 2.24) is 0 Å². The number of rotatable bonds is 7. The van der Waals surface area contributed by atoms with E-state index < -0.39 is 0 Å². The molecule has 19 heavy (non-hydrogen) atoms. The number of benzene rings is 2. The van der Waals surface area contributed by atoms with E-state index in [2.05, 4.69) is 12.1 Å². The average molecular weight is 256 g/mol. The normalized spacial score (nSPS) is 9.89. The predicted octanol–water partition coefficient (Wildman–Crippen LogP) is 2.98. The van der Waals surface area contributed by atoms with Crippen molar-refractivity contribution < 1.29 is 14.3 Å². The van der Waals surface area contributed by atoms with Gasteiger partial charge in [0.1, 0.15) is 12.4 Å². The fourth-order valence-electron chi connectivity index (χ4n) is 1.79. The van der Waals surface area contributed by atoms with Gasteiger partial charge in [0.25, 0.3) is 6.47 Å². The number of hydrogen-bond acceptors (Lipinski definition) is 3. The summed E-state index contributed by atoms with van der Waals surface area (Å²) in [6, 6.07) is 17.8. The lowest BCUT2D eigenvalue weighted by molar-refractivity contribution is -0.129. The maximum Gasteiger partial charge on any atom is 0.293 e. The van der Waals surface area contributed by atoms with Gasteiger partial charge in [-0.3, -0.25) is 4.79 Å². The highest BCUT2D eigenvalue weighted by Crippen LogP contribution is 2.14. The maximum absolute atomic E-state index is 10.1. The van der Waals surface area contributed by atoms with Crippen LogP contribution in [0.15, 0.2) is 54.6 Å². The Morgan fingerprint density at radius 3 is 2.53 bits per heavy atom. The van der Waals surface area contributed by atoms with Gasteiger partial charge < -0.3 is 9.47 Å². The minimum Gasteiger partial charge on any atom is -0.493 e. The molecule has 2 aromatic carbocycles. The van der Waals surface area contributed by atoms with Crippen molar-refractivity contribution >= 4 is 6.47 Å². The monoisotopic (exact) mass is 256 g/mol. The summed E-state index contributed by atoms with van der Waals surface area (Å²) < 4.78 is 10.4. The number of hydrogen-bond donors (Lipinski definition) is 0. The summed E-state index contributed by atoms with van der Waals surface area (Å²) in [5.74, 6) is 0.794. The largest absolute Gasteiger partial charge is 0.493 e. The number of ether oxygens (including phenoxy) is 2. The van der Waals surface area contributed by atoms with E-state index in [1.54, 1.807) is 0 Å². The van der Waals surface area contributed by atoms with E-state index in [4.69, 9.17) is 9.47 Å². The number of carbonyl (C=O) groups excluding carboxylic acids is 1. The molecule has 0 bridgehead atoms. The minimum atomic E-state index is 0.277. The zero-order chi connectivity index (χ0) is 13.3. The van der Waals surface area contributed by atoms with E-state index in [-0.39, 0.29) is 6.61 Å². The van der Waals surface area contributed by atoms with E-state index in [1.165, 1.54) is 5.56 Å². The van der Waals surface area contributed by atoms with Crippen LogP contribution in [0.5, 0.6) is 5.75 Å². The molecule has 0 unspecified atom stereocenters. The van der Waals surface area contributed by atoms with Gasteiger partial charge in [-0.2, -0.15) is 0 Å². The molecule has 0 saturated carbocycles. The molecule has 0 aliphatic rings. The lowest BCUT2D eigenvalue weighted by atomic mass is 10.2. The zero-order valence-corrected chi connectivity index (χ0v) is 10.6. The van der Waals surface area contributed by atoms with Crippen LogP contribution in [-0.2, 0) is 22.6 Å². The minimum absolute atomic E-state index is 0.277. The molecule has 98 valence electrons. The second kappa shape index (κ2) is 7.21. The fourth-order valence-corrected chi connectivity index (χ4v) is 1.79. The standard InChI is InChI=1S/C16H16O3/c17-13-18-12-15-7-4-8-16(11-15)19-10-9-14-5-2-1-3-6-14/h1-8,11,13H,9-10,12H2. The van der Waals surface area contributed by atoms with E-state index in [1.807, 2.05) is 42.5 Å². The van der Waals surface area contributed by atoms with Crippen LogP contribution in [0.25, 0.3) is 0 Å². The predicted molar refractivity (Wildman–Crippen MR) is 72.9 cm³/mol. The van der Waals surface area contributed by atoms with Crippen molar-refractivity contribution in [2.75, 3.05) is 6.61 Å². The highest BCUT2D eigenvalue weighted by Gasteiger charge is 1.98. The van der Waals surface area contributed by atoms with Gasteiger partial charge >= 0.3 is 0 Å². The van der Waals surface area contributed by atoms with Crippen molar-refractivity contribution in [2.24, 2.45) is 0 Å². The summed E-state index contributed by atoms with van der Waals surface area (Å²) in [4.78, 5) is 10.1. The van der Waals surface area contributed by atoms with Gasteiger partial charge in [0.05, 0.1) is 6.61 Å². The summed E-state index contributed by atoms with van der Waals surface area (Å²) in [6.07, 6.45) is 0.871. The summed E-state index contributed by atoms with van der Waals surface area (Å²) in [5, 5.41) is 0. The van der Waals surface area contributed by atoms with Crippen molar-refractivity contribution in [1.29, 1.82) is 0 Å². The molecule has 0 aliphatic carbocycles. The van der Waals surface area contributed by atoms with Gasteiger partial charge in [-0.15, -0.1) is 0 Å². The van der Waals surface area contributed by atoms with Crippen LogP contribution in [0.2, 0.25) is 0 Å². The molecule has 0 aliphatic heterocycles. The molecule has 2 aromatic rings. The van der Waals surface area contributed by atoms with Gasteiger partial charge in [0, 0.05) is 6.42 Å². The van der Waals surface area contributed by atoms with Crippen LogP contribution in [-0.4, -0.2) is 13.1 Å². The number of carbonyl (C=O) groups is 1. The summed E-state index contributed by atoms with van der Waals surface area (Å²) >= 11 is 0. The fraction of sp³-hybridized carbons (Fsp3) is 0.188. The lowest BCUT2D eigenvalue weighted by Crippen LogP contribution is -2.01. The van der Waals surface area contributed by atoms with E-state index in [0.717, 1.165) is 17.7 Å². The summed E-state index contributed by atoms with van der Waals surface area (Å²) in [5.41, 5.74) is 2.17. The third-order valence-electron chi connectivity index (χ3n) is 2.72. The molecular formula is C16H16O3. The van der Waals surface area contributed by atoms with Crippen LogP contribution in [0, 0.1) is 0 Å². The molecule has 0 amide bonds. The van der Waals surface area contributed by atoms with E-state index in [0.29, 0.717) is 13.1 Å². The smallest absolute Gasteiger partial charge is 0.293 e. The molecule has 3 heteroatoms. The molecule has 3 nitrogen and oxygen atoms in total. The van der Waals surface area contributed by atoms with Crippen LogP contribution in [0.4, 0.5) is 0 Å². The highest BCUT2D eigenvalue weighted by molar-refractivity contribution is 5.38. The SMILES string of the molecule is O=COCc1cccc(OCCc2ccccc2)c1. The molecule has 0 saturated heterocycles. The van der Waals surface area contributed by atoms with Crippen LogP contribution < -0.4 is 4.74 Å². The Balaban J connectivity index is 1.84.